The average Bonchev–Trinajstić information content (AvgIpc) is 3.08. The van der Waals surface area contributed by atoms with Gasteiger partial charge in [0.25, 0.3) is 0 Å². The first-order chi connectivity index (χ1) is 8.39. The van der Waals surface area contributed by atoms with Crippen LogP contribution in [0.4, 0.5) is 0 Å². The predicted octanol–water partition coefficient (Wildman–Crippen LogP) is 4.43. The minimum absolute atomic E-state index is 0.229. The molecule has 0 spiro atoms. The number of rotatable bonds is 4. The zero-order chi connectivity index (χ0) is 13.3. The molecule has 1 aliphatic rings. The number of hydrogen-bond acceptors (Lipinski definition) is 1. The van der Waals surface area contributed by atoms with Gasteiger partial charge in [0.05, 0.1) is 0 Å². The van der Waals surface area contributed by atoms with E-state index in [0.717, 1.165) is 12.8 Å². The highest BCUT2D eigenvalue weighted by Gasteiger charge is 2.44. The highest BCUT2D eigenvalue weighted by Crippen LogP contribution is 2.49. The molecule has 0 saturated heterocycles. The van der Waals surface area contributed by atoms with Crippen LogP contribution in [-0.2, 0) is 4.79 Å². The van der Waals surface area contributed by atoms with Gasteiger partial charge in [-0.2, -0.15) is 0 Å². The Kier molecular flexibility index (Phi) is 3.61. The highest BCUT2D eigenvalue weighted by molar-refractivity contribution is 5.85. The van der Waals surface area contributed by atoms with Crippen molar-refractivity contribution in [2.24, 2.45) is 17.3 Å². The Morgan fingerprint density at radius 2 is 1.89 bits per heavy atom. The van der Waals surface area contributed by atoms with Crippen LogP contribution < -0.4 is 0 Å². The third-order valence-corrected chi connectivity index (χ3v) is 4.42. The third kappa shape index (κ3) is 3.01. The Morgan fingerprint density at radius 1 is 1.28 bits per heavy atom. The number of carbonyl (C=O) groups excluding carboxylic acids is 1. The molecule has 1 aromatic carbocycles. The summed E-state index contributed by atoms with van der Waals surface area (Å²) in [6, 6.07) is 10.4. The van der Waals surface area contributed by atoms with Crippen LogP contribution in [0.1, 0.15) is 52.0 Å². The number of benzene rings is 1. The van der Waals surface area contributed by atoms with Gasteiger partial charge in [0.15, 0.2) is 0 Å². The summed E-state index contributed by atoms with van der Waals surface area (Å²) in [6.45, 7) is 8.84. The number of ketones is 1. The van der Waals surface area contributed by atoms with Crippen molar-refractivity contribution in [2.75, 3.05) is 0 Å². The summed E-state index contributed by atoms with van der Waals surface area (Å²) < 4.78 is 0. The van der Waals surface area contributed by atoms with E-state index >= 15 is 0 Å². The normalized spacial score (nSPS) is 24.7. The van der Waals surface area contributed by atoms with Gasteiger partial charge in [0, 0.05) is 12.3 Å². The highest BCUT2D eigenvalue weighted by atomic mass is 16.1. The fourth-order valence-electron chi connectivity index (χ4n) is 2.38. The number of carbonyl (C=O) groups is 1. The van der Waals surface area contributed by atoms with Crippen molar-refractivity contribution in [3.8, 4) is 0 Å². The van der Waals surface area contributed by atoms with E-state index in [2.05, 4.69) is 52.0 Å². The van der Waals surface area contributed by atoms with Gasteiger partial charge in [0.2, 0.25) is 0 Å². The summed E-state index contributed by atoms with van der Waals surface area (Å²) in [5.74, 6) is 1.70. The maximum Gasteiger partial charge on any atom is 0.136 e. The Labute approximate surface area is 111 Å². The minimum atomic E-state index is 0.229. The molecule has 1 aromatic rings. The summed E-state index contributed by atoms with van der Waals surface area (Å²) in [5, 5.41) is 0. The lowest BCUT2D eigenvalue weighted by Gasteiger charge is -2.26. The molecule has 0 heterocycles. The van der Waals surface area contributed by atoms with Gasteiger partial charge in [-0.3, -0.25) is 4.79 Å². The van der Waals surface area contributed by atoms with Crippen molar-refractivity contribution in [3.05, 3.63) is 35.9 Å². The first-order valence-electron chi connectivity index (χ1n) is 6.97. The average molecular weight is 244 g/mol. The Balaban J connectivity index is 1.91. The van der Waals surface area contributed by atoms with E-state index in [-0.39, 0.29) is 11.3 Å². The van der Waals surface area contributed by atoms with Gasteiger partial charge < -0.3 is 0 Å². The lowest BCUT2D eigenvalue weighted by molar-refractivity contribution is -0.121. The van der Waals surface area contributed by atoms with Crippen LogP contribution in [0, 0.1) is 17.3 Å². The van der Waals surface area contributed by atoms with Crippen molar-refractivity contribution in [1.82, 2.24) is 0 Å². The monoisotopic (exact) mass is 244 g/mol. The second-order valence-electron chi connectivity index (χ2n) is 6.80. The molecule has 1 heteroatoms. The van der Waals surface area contributed by atoms with Crippen LogP contribution in [0.2, 0.25) is 0 Å². The van der Waals surface area contributed by atoms with Crippen LogP contribution in [-0.4, -0.2) is 5.78 Å². The molecule has 2 rings (SSSR count). The first-order valence-corrected chi connectivity index (χ1v) is 6.97. The van der Waals surface area contributed by atoms with E-state index in [0.29, 0.717) is 17.6 Å². The van der Waals surface area contributed by atoms with Crippen LogP contribution in [0.3, 0.4) is 0 Å². The summed E-state index contributed by atoms with van der Waals surface area (Å²) in [6.07, 6.45) is 1.79. The Morgan fingerprint density at radius 3 is 2.44 bits per heavy atom. The van der Waals surface area contributed by atoms with Crippen molar-refractivity contribution >= 4 is 5.78 Å². The molecule has 0 bridgehead atoms. The number of hydrogen-bond donors (Lipinski definition) is 0. The van der Waals surface area contributed by atoms with E-state index in [9.17, 15) is 4.79 Å². The van der Waals surface area contributed by atoms with E-state index in [1.165, 1.54) is 5.56 Å². The molecule has 1 saturated carbocycles. The predicted molar refractivity (Wildman–Crippen MR) is 75.5 cm³/mol. The zero-order valence-corrected chi connectivity index (χ0v) is 11.9. The summed E-state index contributed by atoms with van der Waals surface area (Å²) in [5.41, 5.74) is 1.56. The Bertz CT molecular complexity index is 413. The smallest absolute Gasteiger partial charge is 0.136 e. The van der Waals surface area contributed by atoms with Crippen molar-refractivity contribution in [1.29, 1.82) is 0 Å². The first kappa shape index (κ1) is 13.3. The summed E-state index contributed by atoms with van der Waals surface area (Å²) in [4.78, 5) is 12.2. The quantitative estimate of drug-likeness (QED) is 0.765. The van der Waals surface area contributed by atoms with Crippen molar-refractivity contribution in [2.45, 2.75) is 46.5 Å². The molecule has 1 fully saturated rings. The van der Waals surface area contributed by atoms with Gasteiger partial charge in [0.1, 0.15) is 5.78 Å². The fourth-order valence-corrected chi connectivity index (χ4v) is 2.38. The molecule has 0 aliphatic heterocycles. The molecule has 3 atom stereocenters. The molecule has 0 N–H and O–H groups in total. The van der Waals surface area contributed by atoms with Crippen LogP contribution >= 0.6 is 0 Å². The van der Waals surface area contributed by atoms with Crippen LogP contribution in [0.5, 0.6) is 0 Å². The fraction of sp³-hybridized carbons (Fsp3) is 0.588. The van der Waals surface area contributed by atoms with Gasteiger partial charge in [-0.05, 0) is 29.2 Å². The molecule has 1 aliphatic carbocycles. The number of Topliss-reactive ketones (excluding diaryl/α,β-unsaturated/α-hetero) is 1. The van der Waals surface area contributed by atoms with Crippen LogP contribution in [0.25, 0.3) is 0 Å². The van der Waals surface area contributed by atoms with E-state index in [1.807, 2.05) is 6.07 Å². The van der Waals surface area contributed by atoms with Gasteiger partial charge in [-0.1, -0.05) is 58.0 Å². The maximum atomic E-state index is 12.2. The third-order valence-electron chi connectivity index (χ3n) is 4.42. The van der Waals surface area contributed by atoms with Gasteiger partial charge in [-0.15, -0.1) is 0 Å². The molecule has 0 aromatic heterocycles. The van der Waals surface area contributed by atoms with Crippen molar-refractivity contribution in [3.63, 3.8) is 0 Å². The zero-order valence-electron chi connectivity index (χ0n) is 11.9. The summed E-state index contributed by atoms with van der Waals surface area (Å²) in [7, 11) is 0. The molecular weight excluding hydrogens is 220 g/mol. The molecule has 98 valence electrons. The second-order valence-corrected chi connectivity index (χ2v) is 6.80. The van der Waals surface area contributed by atoms with E-state index in [1.54, 1.807) is 0 Å². The molecule has 1 nitrogen and oxygen atoms in total. The molecule has 3 unspecified atom stereocenters. The van der Waals surface area contributed by atoms with Gasteiger partial charge in [-0.25, -0.2) is 0 Å². The minimum Gasteiger partial charge on any atom is -0.299 e. The van der Waals surface area contributed by atoms with E-state index < -0.39 is 0 Å². The van der Waals surface area contributed by atoms with Gasteiger partial charge >= 0.3 is 0 Å². The topological polar surface area (TPSA) is 17.1 Å². The second kappa shape index (κ2) is 4.87. The van der Waals surface area contributed by atoms with Crippen LogP contribution in [0.15, 0.2) is 30.3 Å². The largest absolute Gasteiger partial charge is 0.299 e. The molecule has 0 amide bonds. The lowest BCUT2D eigenvalue weighted by Crippen LogP contribution is -2.21. The molecular formula is C17H24O. The Hall–Kier alpha value is -1.11. The molecule has 18 heavy (non-hydrogen) atoms. The van der Waals surface area contributed by atoms with E-state index in [4.69, 9.17) is 0 Å². The van der Waals surface area contributed by atoms with Crippen molar-refractivity contribution < 1.29 is 4.79 Å². The summed E-state index contributed by atoms with van der Waals surface area (Å²) >= 11 is 0. The lowest BCUT2D eigenvalue weighted by atomic mass is 9.78. The maximum absolute atomic E-state index is 12.2. The standard InChI is InChI=1S/C17H24O/c1-12(17(2,3)4)10-16(18)15-11-14(15)13-8-6-5-7-9-13/h5-9,12,14-15H,10-11H2,1-4H3. The SMILES string of the molecule is CC(CC(=O)C1CC1c1ccccc1)C(C)(C)C. The molecule has 0 radical (unpaired) electrons.